The topological polar surface area (TPSA) is 76.0 Å². The van der Waals surface area contributed by atoms with Crippen molar-refractivity contribution in [2.45, 2.75) is 46.5 Å². The summed E-state index contributed by atoms with van der Waals surface area (Å²) in [5, 5.41) is 10.5. The number of amides is 2. The van der Waals surface area contributed by atoms with E-state index in [4.69, 9.17) is 0 Å². The summed E-state index contributed by atoms with van der Waals surface area (Å²) in [6.07, 6.45) is 3.30. The lowest BCUT2D eigenvalue weighted by Crippen LogP contribution is -2.15. The molecule has 2 N–H and O–H groups in total. The maximum Gasteiger partial charge on any atom is 0.276 e. The van der Waals surface area contributed by atoms with Crippen molar-refractivity contribution in [2.75, 3.05) is 10.6 Å². The third kappa shape index (κ3) is 4.68. The van der Waals surface area contributed by atoms with Gasteiger partial charge in [-0.05, 0) is 68.5 Å². The number of rotatable bonds is 6. The monoisotopic (exact) mass is 416 g/mol. The Kier molecular flexibility index (Phi) is 5.89. The minimum Gasteiger partial charge on any atom is -0.326 e. The largest absolute Gasteiger partial charge is 0.326 e. The van der Waals surface area contributed by atoms with Crippen LogP contribution in [0.5, 0.6) is 0 Å². The van der Waals surface area contributed by atoms with Crippen LogP contribution in [0.3, 0.4) is 0 Å². The number of hydrogen-bond donors (Lipinski definition) is 2. The van der Waals surface area contributed by atoms with Crippen LogP contribution in [-0.2, 0) is 17.6 Å². The van der Waals surface area contributed by atoms with Crippen LogP contribution in [0.1, 0.15) is 54.0 Å². The van der Waals surface area contributed by atoms with Crippen molar-refractivity contribution in [3.8, 4) is 5.69 Å². The zero-order chi connectivity index (χ0) is 22.0. The van der Waals surface area contributed by atoms with Crippen molar-refractivity contribution < 1.29 is 9.59 Å². The van der Waals surface area contributed by atoms with E-state index in [9.17, 15) is 9.59 Å². The quantitative estimate of drug-likeness (QED) is 0.600. The number of fused-ring (bicyclic) bond motifs is 1. The molecule has 0 saturated heterocycles. The molecule has 0 fully saturated rings. The van der Waals surface area contributed by atoms with E-state index in [0.29, 0.717) is 29.4 Å². The highest BCUT2D eigenvalue weighted by Crippen LogP contribution is 2.28. The van der Waals surface area contributed by atoms with Crippen LogP contribution in [0.2, 0.25) is 0 Å². The van der Waals surface area contributed by atoms with Gasteiger partial charge in [-0.3, -0.25) is 9.59 Å². The Balaban J connectivity index is 1.50. The van der Waals surface area contributed by atoms with Gasteiger partial charge in [-0.1, -0.05) is 31.5 Å². The summed E-state index contributed by atoms with van der Waals surface area (Å²) in [7, 11) is 0. The van der Waals surface area contributed by atoms with E-state index in [-0.39, 0.29) is 11.8 Å². The Labute approximate surface area is 182 Å². The average molecular weight is 417 g/mol. The van der Waals surface area contributed by atoms with E-state index < -0.39 is 0 Å². The molecule has 0 atom stereocenters. The Morgan fingerprint density at radius 3 is 2.26 bits per heavy atom. The van der Waals surface area contributed by atoms with Gasteiger partial charge < -0.3 is 10.6 Å². The Morgan fingerprint density at radius 1 is 0.968 bits per heavy atom. The van der Waals surface area contributed by atoms with E-state index in [2.05, 4.69) is 34.8 Å². The van der Waals surface area contributed by atoms with Crippen molar-refractivity contribution in [1.82, 2.24) is 9.78 Å². The van der Waals surface area contributed by atoms with Gasteiger partial charge in [0.2, 0.25) is 5.91 Å². The maximum atomic E-state index is 13.0. The van der Waals surface area contributed by atoms with Crippen LogP contribution in [0.15, 0.2) is 48.5 Å². The molecule has 160 valence electrons. The first-order valence-corrected chi connectivity index (χ1v) is 10.8. The number of anilines is 2. The van der Waals surface area contributed by atoms with Crippen molar-refractivity contribution in [2.24, 2.45) is 5.92 Å². The second-order valence-electron chi connectivity index (χ2n) is 8.55. The Bertz CT molecular complexity index is 1100. The Morgan fingerprint density at radius 2 is 1.61 bits per heavy atom. The van der Waals surface area contributed by atoms with E-state index in [1.54, 1.807) is 24.3 Å². The minimum atomic E-state index is -0.208. The highest BCUT2D eigenvalue weighted by atomic mass is 16.2. The zero-order valence-electron chi connectivity index (χ0n) is 18.2. The number of nitrogens with one attached hydrogen (secondary N) is 2. The lowest BCUT2D eigenvalue weighted by molar-refractivity contribution is -0.116. The summed E-state index contributed by atoms with van der Waals surface area (Å²) in [4.78, 5) is 24.9. The summed E-state index contributed by atoms with van der Waals surface area (Å²) in [5.74, 6) is 0.0876. The second-order valence-corrected chi connectivity index (χ2v) is 8.55. The fourth-order valence-electron chi connectivity index (χ4n) is 3.93. The van der Waals surface area contributed by atoms with E-state index in [0.717, 1.165) is 36.2 Å². The first kappa shape index (κ1) is 20.8. The van der Waals surface area contributed by atoms with Crippen molar-refractivity contribution in [3.05, 3.63) is 71.0 Å². The molecule has 1 aliphatic rings. The number of benzene rings is 2. The number of carbonyl (C=O) groups excluding carboxylic acids is 2. The molecule has 2 aromatic carbocycles. The zero-order valence-corrected chi connectivity index (χ0v) is 18.2. The molecular weight excluding hydrogens is 388 g/mol. The molecule has 3 aromatic rings. The molecule has 0 unspecified atom stereocenters. The van der Waals surface area contributed by atoms with Gasteiger partial charge in [0.15, 0.2) is 5.69 Å². The van der Waals surface area contributed by atoms with Gasteiger partial charge in [-0.15, -0.1) is 0 Å². The molecule has 6 heteroatoms. The summed E-state index contributed by atoms with van der Waals surface area (Å²) in [6.45, 7) is 6.07. The highest BCUT2D eigenvalue weighted by Gasteiger charge is 2.27. The predicted octanol–water partition coefficient (Wildman–Crippen LogP) is 4.91. The molecule has 1 aliphatic carbocycles. The summed E-state index contributed by atoms with van der Waals surface area (Å²) in [5.41, 5.74) is 6.20. The van der Waals surface area contributed by atoms with Gasteiger partial charge in [0.25, 0.3) is 5.91 Å². The van der Waals surface area contributed by atoms with Gasteiger partial charge in [0.05, 0.1) is 5.69 Å². The molecule has 0 bridgehead atoms. The van der Waals surface area contributed by atoms with Crippen LogP contribution in [0.25, 0.3) is 5.69 Å². The van der Waals surface area contributed by atoms with E-state index in [1.165, 1.54) is 5.56 Å². The fraction of sp³-hybridized carbons (Fsp3) is 0.320. The predicted molar refractivity (Wildman–Crippen MR) is 123 cm³/mol. The molecule has 1 heterocycles. The molecule has 0 aliphatic heterocycles. The number of nitrogens with zero attached hydrogens (tertiary/aromatic N) is 2. The first-order chi connectivity index (χ1) is 14.9. The molecule has 0 spiro atoms. The normalized spacial score (nSPS) is 12.6. The van der Waals surface area contributed by atoms with Gasteiger partial charge in [0.1, 0.15) is 0 Å². The molecular formula is C25H28N4O2. The molecule has 0 saturated carbocycles. The SMILES string of the molecule is Cc1ccc(-n2nc(C(=O)Nc3ccc(NC(=O)CC(C)C)cc3)c3c2CCC3)cc1. The van der Waals surface area contributed by atoms with Gasteiger partial charge in [-0.25, -0.2) is 4.68 Å². The maximum absolute atomic E-state index is 13.0. The molecule has 0 radical (unpaired) electrons. The molecule has 4 rings (SSSR count). The fourth-order valence-corrected chi connectivity index (χ4v) is 3.93. The van der Waals surface area contributed by atoms with Crippen LogP contribution in [0.4, 0.5) is 11.4 Å². The molecule has 1 aromatic heterocycles. The number of aromatic nitrogens is 2. The lowest BCUT2D eigenvalue weighted by Gasteiger charge is -2.09. The second kappa shape index (κ2) is 8.76. The van der Waals surface area contributed by atoms with Crippen molar-refractivity contribution in [3.63, 3.8) is 0 Å². The molecule has 2 amide bonds. The van der Waals surface area contributed by atoms with Crippen LogP contribution >= 0.6 is 0 Å². The Hall–Kier alpha value is -3.41. The first-order valence-electron chi connectivity index (χ1n) is 10.8. The summed E-state index contributed by atoms with van der Waals surface area (Å²) >= 11 is 0. The average Bonchev–Trinajstić information content (AvgIpc) is 3.32. The van der Waals surface area contributed by atoms with Crippen LogP contribution in [0, 0.1) is 12.8 Å². The standard InChI is InChI=1S/C25H28N4O2/c1-16(2)15-23(30)26-18-9-11-19(12-10-18)27-25(31)24-21-5-4-6-22(21)29(28-24)20-13-7-17(3)8-14-20/h7-14,16H,4-6,15H2,1-3H3,(H,26,30)(H,27,31). The van der Waals surface area contributed by atoms with Crippen LogP contribution in [-0.4, -0.2) is 21.6 Å². The van der Waals surface area contributed by atoms with Crippen molar-refractivity contribution in [1.29, 1.82) is 0 Å². The van der Waals surface area contributed by atoms with Crippen LogP contribution < -0.4 is 10.6 Å². The smallest absolute Gasteiger partial charge is 0.276 e. The number of carbonyl (C=O) groups is 2. The van der Waals surface area contributed by atoms with E-state index in [1.807, 2.05) is 30.7 Å². The third-order valence-electron chi connectivity index (χ3n) is 5.44. The van der Waals surface area contributed by atoms with E-state index >= 15 is 0 Å². The van der Waals surface area contributed by atoms with Gasteiger partial charge >= 0.3 is 0 Å². The van der Waals surface area contributed by atoms with Gasteiger partial charge in [-0.2, -0.15) is 5.10 Å². The third-order valence-corrected chi connectivity index (χ3v) is 5.44. The minimum absolute atomic E-state index is 0.0102. The lowest BCUT2D eigenvalue weighted by atomic mass is 10.1. The summed E-state index contributed by atoms with van der Waals surface area (Å²) < 4.78 is 1.91. The highest BCUT2D eigenvalue weighted by molar-refractivity contribution is 6.04. The van der Waals surface area contributed by atoms with Gasteiger partial charge in [0, 0.05) is 29.1 Å². The van der Waals surface area contributed by atoms with Crippen molar-refractivity contribution >= 4 is 23.2 Å². The molecule has 31 heavy (non-hydrogen) atoms. The molecule has 6 nitrogen and oxygen atoms in total. The summed E-state index contributed by atoms with van der Waals surface area (Å²) in [6, 6.07) is 15.4. The number of aryl methyl sites for hydroxylation is 1. The number of hydrogen-bond acceptors (Lipinski definition) is 3.